The molecule has 112 valence electrons. The van der Waals surface area contributed by atoms with Gasteiger partial charge in [-0.3, -0.25) is 0 Å². The third-order valence-corrected chi connectivity index (χ3v) is 4.35. The van der Waals surface area contributed by atoms with E-state index in [-0.39, 0.29) is 18.1 Å². The molecule has 0 aliphatic heterocycles. The summed E-state index contributed by atoms with van der Waals surface area (Å²) in [5.74, 6) is 0.433. The highest BCUT2D eigenvalue weighted by atomic mass is 79.9. The standard InChI is InChI=1S/C14H12BrClO4S/c15-11-6-7-14(13(16)10-11)19-8-9-21(17,18)20-12-4-2-1-3-5-12/h1-7,10H,8-9H2. The molecule has 0 unspecified atom stereocenters. The molecule has 0 saturated heterocycles. The van der Waals surface area contributed by atoms with Gasteiger partial charge in [0.25, 0.3) is 0 Å². The van der Waals surface area contributed by atoms with Crippen molar-refractivity contribution >= 4 is 37.6 Å². The minimum Gasteiger partial charge on any atom is -0.491 e. The average molecular weight is 392 g/mol. The van der Waals surface area contributed by atoms with E-state index >= 15 is 0 Å². The quantitative estimate of drug-likeness (QED) is 0.701. The van der Waals surface area contributed by atoms with Crippen LogP contribution in [0.15, 0.2) is 53.0 Å². The summed E-state index contributed by atoms with van der Waals surface area (Å²) in [6.45, 7) is -0.0451. The topological polar surface area (TPSA) is 52.6 Å². The van der Waals surface area contributed by atoms with E-state index < -0.39 is 10.1 Å². The number of halogens is 2. The van der Waals surface area contributed by atoms with Crippen molar-refractivity contribution in [1.29, 1.82) is 0 Å². The fourth-order valence-electron chi connectivity index (χ4n) is 1.51. The molecule has 0 aliphatic rings. The molecule has 2 rings (SSSR count). The first kappa shape index (κ1) is 16.1. The van der Waals surface area contributed by atoms with Crippen molar-refractivity contribution in [2.24, 2.45) is 0 Å². The SMILES string of the molecule is O=S(=O)(CCOc1ccc(Br)cc1Cl)Oc1ccccc1. The maximum atomic E-state index is 11.8. The van der Waals surface area contributed by atoms with Gasteiger partial charge < -0.3 is 8.92 Å². The van der Waals surface area contributed by atoms with Gasteiger partial charge in [-0.1, -0.05) is 45.7 Å². The summed E-state index contributed by atoms with van der Waals surface area (Å²) in [6, 6.07) is 13.4. The second kappa shape index (κ2) is 7.15. The Morgan fingerprint density at radius 2 is 1.81 bits per heavy atom. The lowest BCUT2D eigenvalue weighted by Gasteiger charge is -2.09. The van der Waals surface area contributed by atoms with Crippen molar-refractivity contribution in [2.75, 3.05) is 12.4 Å². The molecular formula is C14H12BrClO4S. The molecular weight excluding hydrogens is 380 g/mol. The van der Waals surface area contributed by atoms with E-state index in [9.17, 15) is 8.42 Å². The summed E-state index contributed by atoms with van der Waals surface area (Å²) in [5.41, 5.74) is 0. The molecule has 7 heteroatoms. The van der Waals surface area contributed by atoms with E-state index in [0.717, 1.165) is 4.47 Å². The minimum atomic E-state index is -3.70. The van der Waals surface area contributed by atoms with Crippen LogP contribution in [0.25, 0.3) is 0 Å². The largest absolute Gasteiger partial charge is 0.491 e. The van der Waals surface area contributed by atoms with E-state index in [4.69, 9.17) is 20.5 Å². The van der Waals surface area contributed by atoms with Gasteiger partial charge in [-0.25, -0.2) is 0 Å². The molecule has 0 heterocycles. The zero-order chi connectivity index (χ0) is 15.3. The molecule has 0 fully saturated rings. The fraction of sp³-hybridized carbons (Fsp3) is 0.143. The van der Waals surface area contributed by atoms with Gasteiger partial charge >= 0.3 is 10.1 Å². The third-order valence-electron chi connectivity index (χ3n) is 2.45. The maximum absolute atomic E-state index is 11.8. The molecule has 2 aromatic carbocycles. The molecule has 0 N–H and O–H groups in total. The summed E-state index contributed by atoms with van der Waals surface area (Å²) < 4.78 is 34.7. The Morgan fingerprint density at radius 1 is 1.10 bits per heavy atom. The van der Waals surface area contributed by atoms with Crippen LogP contribution in [0.4, 0.5) is 0 Å². The molecule has 0 saturated carbocycles. The maximum Gasteiger partial charge on any atom is 0.312 e. The molecule has 0 radical (unpaired) electrons. The number of hydrogen-bond donors (Lipinski definition) is 0. The van der Waals surface area contributed by atoms with Crippen molar-refractivity contribution in [2.45, 2.75) is 0 Å². The third kappa shape index (κ3) is 5.22. The van der Waals surface area contributed by atoms with Crippen LogP contribution in [-0.4, -0.2) is 20.8 Å². The van der Waals surface area contributed by atoms with Crippen LogP contribution in [0, 0.1) is 0 Å². The molecule has 2 aromatic rings. The van der Waals surface area contributed by atoms with E-state index in [1.165, 1.54) is 0 Å². The smallest absolute Gasteiger partial charge is 0.312 e. The predicted molar refractivity (Wildman–Crippen MR) is 85.5 cm³/mol. The number of benzene rings is 2. The molecule has 0 spiro atoms. The van der Waals surface area contributed by atoms with Crippen molar-refractivity contribution < 1.29 is 17.3 Å². The number of ether oxygens (including phenoxy) is 1. The van der Waals surface area contributed by atoms with Gasteiger partial charge in [0.2, 0.25) is 0 Å². The summed E-state index contributed by atoms with van der Waals surface area (Å²) in [6.07, 6.45) is 0. The number of rotatable bonds is 6. The predicted octanol–water partition coefficient (Wildman–Crippen LogP) is 3.89. The van der Waals surface area contributed by atoms with Gasteiger partial charge in [0.05, 0.1) is 5.02 Å². The number of hydrogen-bond acceptors (Lipinski definition) is 4. The molecule has 0 aromatic heterocycles. The second-order valence-electron chi connectivity index (χ2n) is 4.08. The van der Waals surface area contributed by atoms with Crippen molar-refractivity contribution in [3.63, 3.8) is 0 Å². The highest BCUT2D eigenvalue weighted by Gasteiger charge is 2.13. The first-order chi connectivity index (χ1) is 9.96. The van der Waals surface area contributed by atoms with Crippen LogP contribution in [-0.2, 0) is 10.1 Å². The highest BCUT2D eigenvalue weighted by molar-refractivity contribution is 9.10. The fourth-order valence-corrected chi connectivity index (χ4v) is 3.01. The zero-order valence-corrected chi connectivity index (χ0v) is 14.0. The van der Waals surface area contributed by atoms with Gasteiger partial charge in [0.1, 0.15) is 23.9 Å². The van der Waals surface area contributed by atoms with Gasteiger partial charge in [0.15, 0.2) is 0 Å². The highest BCUT2D eigenvalue weighted by Crippen LogP contribution is 2.27. The van der Waals surface area contributed by atoms with Crippen LogP contribution in [0.5, 0.6) is 11.5 Å². The summed E-state index contributed by atoms with van der Waals surface area (Å²) in [5, 5.41) is 0.408. The first-order valence-corrected chi connectivity index (χ1v) is 8.76. The Morgan fingerprint density at radius 3 is 2.48 bits per heavy atom. The van der Waals surface area contributed by atoms with E-state index in [0.29, 0.717) is 10.8 Å². The van der Waals surface area contributed by atoms with E-state index in [1.807, 2.05) is 0 Å². The van der Waals surface area contributed by atoms with Crippen LogP contribution in [0.2, 0.25) is 5.02 Å². The van der Waals surface area contributed by atoms with Gasteiger partial charge in [-0.05, 0) is 30.3 Å². The minimum absolute atomic E-state index is 0.0451. The van der Waals surface area contributed by atoms with Crippen LogP contribution < -0.4 is 8.92 Å². The van der Waals surface area contributed by atoms with Crippen LogP contribution in [0.3, 0.4) is 0 Å². The molecule has 0 atom stereocenters. The monoisotopic (exact) mass is 390 g/mol. The second-order valence-corrected chi connectivity index (χ2v) is 7.09. The molecule has 0 aliphatic carbocycles. The Kier molecular flexibility index (Phi) is 5.50. The van der Waals surface area contributed by atoms with Gasteiger partial charge in [-0.2, -0.15) is 8.42 Å². The Labute approximate surface area is 136 Å². The summed E-state index contributed by atoms with van der Waals surface area (Å²) >= 11 is 9.25. The van der Waals surface area contributed by atoms with Crippen molar-refractivity contribution in [3.05, 3.63) is 58.0 Å². The summed E-state index contributed by atoms with van der Waals surface area (Å²) in [7, 11) is -3.70. The first-order valence-electron chi connectivity index (χ1n) is 6.01. The molecule has 0 bridgehead atoms. The number of para-hydroxylation sites is 1. The van der Waals surface area contributed by atoms with Crippen LogP contribution >= 0.6 is 27.5 Å². The summed E-state index contributed by atoms with van der Waals surface area (Å²) in [4.78, 5) is 0. The van der Waals surface area contributed by atoms with Crippen molar-refractivity contribution in [1.82, 2.24) is 0 Å². The van der Waals surface area contributed by atoms with Gasteiger partial charge in [0, 0.05) is 4.47 Å². The zero-order valence-electron chi connectivity index (χ0n) is 10.8. The molecule has 21 heavy (non-hydrogen) atoms. The Balaban J connectivity index is 1.90. The van der Waals surface area contributed by atoms with E-state index in [1.54, 1.807) is 48.5 Å². The molecule has 0 amide bonds. The van der Waals surface area contributed by atoms with E-state index in [2.05, 4.69) is 15.9 Å². The van der Waals surface area contributed by atoms with Gasteiger partial charge in [-0.15, -0.1) is 0 Å². The lowest BCUT2D eigenvalue weighted by Crippen LogP contribution is -2.19. The lowest BCUT2D eigenvalue weighted by atomic mass is 10.3. The molecule has 4 nitrogen and oxygen atoms in total. The average Bonchev–Trinajstić information content (AvgIpc) is 2.42. The van der Waals surface area contributed by atoms with Crippen molar-refractivity contribution in [3.8, 4) is 11.5 Å². The van der Waals surface area contributed by atoms with Crippen LogP contribution in [0.1, 0.15) is 0 Å². The Hall–Kier alpha value is -1.24. The normalized spacial score (nSPS) is 11.1. The Bertz CT molecular complexity index is 704. The lowest BCUT2D eigenvalue weighted by molar-refractivity contribution is 0.336.